The van der Waals surface area contributed by atoms with E-state index in [-0.39, 0.29) is 17.7 Å². The summed E-state index contributed by atoms with van der Waals surface area (Å²) in [5, 5.41) is 17.2. The predicted octanol–water partition coefficient (Wildman–Crippen LogP) is 0.440. The molecule has 1 rings (SSSR count). The van der Waals surface area contributed by atoms with Gasteiger partial charge >= 0.3 is 11.9 Å². The number of hydrogen-bond acceptors (Lipinski definition) is 3. The third-order valence-corrected chi connectivity index (χ3v) is 1.49. The van der Waals surface area contributed by atoms with Gasteiger partial charge in [-0.15, -0.1) is 0 Å². The fourth-order valence-corrected chi connectivity index (χ4v) is 0.855. The fraction of sp³-hybridized carbons (Fsp3) is 0.125. The van der Waals surface area contributed by atoms with Gasteiger partial charge in [0.25, 0.3) is 0 Å². The van der Waals surface area contributed by atoms with Crippen molar-refractivity contribution in [2.45, 2.75) is 6.42 Å². The number of hydrogen-bond donors (Lipinski definition) is 2. The summed E-state index contributed by atoms with van der Waals surface area (Å²) >= 11 is 0. The standard InChI is InChI=1S/C8H7NO4/c10-7(11)5-2-1-3-9-6(4-5)8(12)13/h1-3H,4H2,(H,10,11)(H,12,13). The maximum atomic E-state index is 10.5. The molecule has 2 N–H and O–H groups in total. The normalized spacial score (nSPS) is 15.7. The van der Waals surface area contributed by atoms with E-state index in [1.54, 1.807) is 0 Å². The first kappa shape index (κ1) is 9.18. The number of nitrogens with zero attached hydrogens (tertiary/aromatic N) is 1. The number of aliphatic carboxylic acids is 2. The van der Waals surface area contributed by atoms with Crippen LogP contribution in [0.1, 0.15) is 6.42 Å². The van der Waals surface area contributed by atoms with E-state index in [4.69, 9.17) is 10.2 Å². The average Bonchev–Trinajstić information content (AvgIpc) is 2.28. The van der Waals surface area contributed by atoms with E-state index in [2.05, 4.69) is 4.99 Å². The van der Waals surface area contributed by atoms with Gasteiger partial charge < -0.3 is 10.2 Å². The lowest BCUT2D eigenvalue weighted by Gasteiger charge is -1.98. The summed E-state index contributed by atoms with van der Waals surface area (Å²) in [5.74, 6) is -2.32. The van der Waals surface area contributed by atoms with E-state index < -0.39 is 11.9 Å². The first-order valence-electron chi connectivity index (χ1n) is 3.50. The summed E-state index contributed by atoms with van der Waals surface area (Å²) < 4.78 is 0. The number of allylic oxidation sites excluding steroid dienone is 2. The van der Waals surface area contributed by atoms with E-state index in [9.17, 15) is 9.59 Å². The highest BCUT2D eigenvalue weighted by atomic mass is 16.4. The second-order valence-corrected chi connectivity index (χ2v) is 2.40. The second-order valence-electron chi connectivity index (χ2n) is 2.40. The van der Waals surface area contributed by atoms with E-state index >= 15 is 0 Å². The van der Waals surface area contributed by atoms with Crippen LogP contribution in [0.15, 0.2) is 28.9 Å². The Morgan fingerprint density at radius 1 is 1.31 bits per heavy atom. The molecule has 1 aliphatic heterocycles. The Hall–Kier alpha value is -1.91. The molecule has 0 unspecified atom stereocenters. The molecule has 0 atom stereocenters. The van der Waals surface area contributed by atoms with Crippen LogP contribution in [-0.4, -0.2) is 27.9 Å². The van der Waals surface area contributed by atoms with Gasteiger partial charge in [-0.25, -0.2) is 9.59 Å². The zero-order valence-corrected chi connectivity index (χ0v) is 6.60. The molecule has 5 nitrogen and oxygen atoms in total. The molecule has 0 saturated heterocycles. The summed E-state index contributed by atoms with van der Waals surface area (Å²) in [6, 6.07) is 0. The molecule has 68 valence electrons. The van der Waals surface area contributed by atoms with Crippen LogP contribution in [0.5, 0.6) is 0 Å². The number of rotatable bonds is 2. The monoisotopic (exact) mass is 181 g/mol. The quantitative estimate of drug-likeness (QED) is 0.647. The van der Waals surface area contributed by atoms with Crippen LogP contribution in [0, 0.1) is 0 Å². The Bertz CT molecular complexity index is 306. The maximum absolute atomic E-state index is 10.5. The molecule has 0 bridgehead atoms. The van der Waals surface area contributed by atoms with E-state index in [1.165, 1.54) is 18.4 Å². The third kappa shape index (κ3) is 2.26. The van der Waals surface area contributed by atoms with Gasteiger partial charge in [0.15, 0.2) is 0 Å². The zero-order valence-electron chi connectivity index (χ0n) is 6.60. The Balaban J connectivity index is 2.92. The van der Waals surface area contributed by atoms with E-state index in [0.29, 0.717) is 0 Å². The molecular weight excluding hydrogens is 174 g/mol. The predicted molar refractivity (Wildman–Crippen MR) is 44.5 cm³/mol. The minimum Gasteiger partial charge on any atom is -0.478 e. The van der Waals surface area contributed by atoms with Crippen LogP contribution in [-0.2, 0) is 9.59 Å². The van der Waals surface area contributed by atoms with Gasteiger partial charge in [0.1, 0.15) is 5.71 Å². The molecule has 0 aliphatic carbocycles. The summed E-state index contributed by atoms with van der Waals surface area (Å²) in [6.07, 6.45) is 3.85. The molecule has 0 spiro atoms. The largest absolute Gasteiger partial charge is 0.478 e. The highest BCUT2D eigenvalue weighted by molar-refractivity contribution is 6.37. The molecule has 0 aromatic heterocycles. The highest BCUT2D eigenvalue weighted by Gasteiger charge is 2.16. The van der Waals surface area contributed by atoms with Crippen LogP contribution in [0.25, 0.3) is 0 Å². The Morgan fingerprint density at radius 3 is 2.54 bits per heavy atom. The second kappa shape index (κ2) is 3.66. The van der Waals surface area contributed by atoms with Crippen molar-refractivity contribution in [3.8, 4) is 0 Å². The lowest BCUT2D eigenvalue weighted by molar-refractivity contribution is -0.132. The van der Waals surface area contributed by atoms with Gasteiger partial charge in [-0.3, -0.25) is 4.99 Å². The number of carboxylic acid groups (broad SMARTS) is 2. The number of carboxylic acids is 2. The molecule has 13 heavy (non-hydrogen) atoms. The van der Waals surface area contributed by atoms with Gasteiger partial charge in [-0.2, -0.15) is 0 Å². The molecule has 0 fully saturated rings. The van der Waals surface area contributed by atoms with Gasteiger partial charge in [0, 0.05) is 18.2 Å². The highest BCUT2D eigenvalue weighted by Crippen LogP contribution is 2.08. The van der Waals surface area contributed by atoms with Crippen molar-refractivity contribution in [2.24, 2.45) is 4.99 Å². The molecule has 0 saturated carbocycles. The molecule has 0 aromatic carbocycles. The van der Waals surface area contributed by atoms with Gasteiger partial charge in [-0.05, 0) is 12.2 Å². The van der Waals surface area contributed by atoms with Crippen molar-refractivity contribution in [3.63, 3.8) is 0 Å². The third-order valence-electron chi connectivity index (χ3n) is 1.49. The molecule has 1 aliphatic rings. The van der Waals surface area contributed by atoms with Crippen molar-refractivity contribution < 1.29 is 19.8 Å². The van der Waals surface area contributed by atoms with Crippen molar-refractivity contribution in [2.75, 3.05) is 0 Å². The number of aliphatic imine (C=N–C) groups is 1. The van der Waals surface area contributed by atoms with Gasteiger partial charge in [0.2, 0.25) is 0 Å². The van der Waals surface area contributed by atoms with E-state index in [0.717, 1.165) is 0 Å². The molecule has 0 aromatic rings. The molecule has 0 amide bonds. The minimum atomic E-state index is -1.20. The molecule has 5 heteroatoms. The van der Waals surface area contributed by atoms with Crippen molar-refractivity contribution in [3.05, 3.63) is 23.9 Å². The van der Waals surface area contributed by atoms with Crippen LogP contribution < -0.4 is 0 Å². The first-order chi connectivity index (χ1) is 6.11. The lowest BCUT2D eigenvalue weighted by atomic mass is 10.1. The van der Waals surface area contributed by atoms with Crippen molar-refractivity contribution >= 4 is 17.7 Å². The summed E-state index contributed by atoms with van der Waals surface area (Å²) in [6.45, 7) is 0. The SMILES string of the molecule is O=C(O)C1=CC=CN=C(C(=O)O)C1. The minimum absolute atomic E-state index is 0.0231. The van der Waals surface area contributed by atoms with Gasteiger partial charge in [-0.1, -0.05) is 0 Å². The van der Waals surface area contributed by atoms with Gasteiger partial charge in [0.05, 0.1) is 0 Å². The Morgan fingerprint density at radius 2 is 2.00 bits per heavy atom. The molecule has 1 heterocycles. The van der Waals surface area contributed by atoms with Crippen LogP contribution in [0.2, 0.25) is 0 Å². The molecular formula is C8H7NO4. The maximum Gasteiger partial charge on any atom is 0.350 e. The summed E-state index contributed by atoms with van der Waals surface area (Å²) in [4.78, 5) is 24.6. The average molecular weight is 181 g/mol. The topological polar surface area (TPSA) is 87.0 Å². The lowest BCUT2D eigenvalue weighted by Crippen LogP contribution is -2.15. The van der Waals surface area contributed by atoms with Crippen molar-refractivity contribution in [1.29, 1.82) is 0 Å². The van der Waals surface area contributed by atoms with Crippen LogP contribution >= 0.6 is 0 Å². The Labute approximate surface area is 73.7 Å². The van der Waals surface area contributed by atoms with Crippen LogP contribution in [0.3, 0.4) is 0 Å². The molecule has 0 radical (unpaired) electrons. The van der Waals surface area contributed by atoms with Crippen LogP contribution in [0.4, 0.5) is 0 Å². The summed E-state index contributed by atoms with van der Waals surface area (Å²) in [5.41, 5.74) is -0.141. The Kier molecular flexibility index (Phi) is 2.59. The first-order valence-corrected chi connectivity index (χ1v) is 3.50. The summed E-state index contributed by atoms with van der Waals surface area (Å²) in [7, 11) is 0. The van der Waals surface area contributed by atoms with E-state index in [1.807, 2.05) is 0 Å². The zero-order chi connectivity index (χ0) is 9.84. The smallest absolute Gasteiger partial charge is 0.350 e. The number of carbonyl (C=O) groups is 2. The van der Waals surface area contributed by atoms with Crippen molar-refractivity contribution in [1.82, 2.24) is 0 Å². The fourth-order valence-electron chi connectivity index (χ4n) is 0.855.